The van der Waals surface area contributed by atoms with Crippen LogP contribution >= 0.6 is 15.9 Å². The Morgan fingerprint density at radius 1 is 1.22 bits per heavy atom. The number of aryl methyl sites for hydroxylation is 2. The highest BCUT2D eigenvalue weighted by Gasteiger charge is 2.21. The van der Waals surface area contributed by atoms with Crippen molar-refractivity contribution in [3.8, 4) is 17.0 Å². The summed E-state index contributed by atoms with van der Waals surface area (Å²) < 4.78 is 6.36. The van der Waals surface area contributed by atoms with Crippen molar-refractivity contribution in [2.24, 2.45) is 0 Å². The lowest BCUT2D eigenvalue weighted by atomic mass is 9.89. The number of carboxylic acid groups (broad SMARTS) is 1. The van der Waals surface area contributed by atoms with Gasteiger partial charge in [0, 0.05) is 26.6 Å². The van der Waals surface area contributed by atoms with Crippen LogP contribution in [0.15, 0.2) is 40.9 Å². The molecular formula is C18H14BrNO3. The number of aromatic amines is 1. The molecule has 0 spiro atoms. The Bertz CT molecular complexity index is 929. The molecule has 0 fully saturated rings. The van der Waals surface area contributed by atoms with E-state index in [1.54, 1.807) is 0 Å². The molecule has 0 unspecified atom stereocenters. The Morgan fingerprint density at radius 3 is 2.91 bits per heavy atom. The van der Waals surface area contributed by atoms with E-state index in [1.807, 2.05) is 24.3 Å². The number of aromatic nitrogens is 1. The second-order valence-electron chi connectivity index (χ2n) is 5.67. The Hall–Kier alpha value is -2.27. The number of hydrogen-bond acceptors (Lipinski definition) is 2. The SMILES string of the molecule is O=C(O)COc1ccc2c(c1)CCc1c-2[nH]c2ccc(Br)cc12. The topological polar surface area (TPSA) is 62.3 Å². The molecule has 0 saturated heterocycles. The summed E-state index contributed by atoms with van der Waals surface area (Å²) in [5.41, 5.74) is 5.99. The molecule has 0 aliphatic heterocycles. The molecule has 1 aliphatic rings. The molecule has 0 saturated carbocycles. The third-order valence-electron chi connectivity index (χ3n) is 4.22. The molecule has 3 aromatic rings. The van der Waals surface area contributed by atoms with Crippen LogP contribution in [0.4, 0.5) is 0 Å². The number of halogens is 1. The van der Waals surface area contributed by atoms with Crippen LogP contribution in [-0.2, 0) is 17.6 Å². The summed E-state index contributed by atoms with van der Waals surface area (Å²) in [5.74, 6) is -0.361. The molecule has 2 N–H and O–H groups in total. The summed E-state index contributed by atoms with van der Waals surface area (Å²) in [4.78, 5) is 14.1. The second-order valence-corrected chi connectivity index (χ2v) is 6.59. The smallest absolute Gasteiger partial charge is 0.341 e. The number of carboxylic acids is 1. The molecule has 0 radical (unpaired) electrons. The largest absolute Gasteiger partial charge is 0.482 e. The maximum absolute atomic E-state index is 10.6. The number of H-pyrrole nitrogens is 1. The number of rotatable bonds is 3. The zero-order valence-electron chi connectivity index (χ0n) is 12.2. The Morgan fingerprint density at radius 2 is 2.09 bits per heavy atom. The predicted octanol–water partition coefficient (Wildman–Crippen LogP) is 4.16. The van der Waals surface area contributed by atoms with Gasteiger partial charge in [-0.1, -0.05) is 15.9 Å². The van der Waals surface area contributed by atoms with Crippen LogP contribution in [0.3, 0.4) is 0 Å². The van der Waals surface area contributed by atoms with Crippen molar-refractivity contribution in [3.63, 3.8) is 0 Å². The van der Waals surface area contributed by atoms with Crippen LogP contribution in [0, 0.1) is 0 Å². The van der Waals surface area contributed by atoms with Crippen molar-refractivity contribution < 1.29 is 14.6 Å². The minimum absolute atomic E-state index is 0.315. The standard InChI is InChI=1S/C18H14BrNO3/c19-11-2-6-16-15(8-11)14-4-1-10-7-12(23-9-17(21)22)3-5-13(10)18(14)20-16/h2-3,5-8,20H,1,4,9H2,(H,21,22). The van der Waals surface area contributed by atoms with Gasteiger partial charge >= 0.3 is 5.97 Å². The van der Waals surface area contributed by atoms with Gasteiger partial charge in [0.2, 0.25) is 0 Å². The highest BCUT2D eigenvalue weighted by Crippen LogP contribution is 2.39. The van der Waals surface area contributed by atoms with Gasteiger partial charge in [-0.2, -0.15) is 0 Å². The summed E-state index contributed by atoms with van der Waals surface area (Å²) >= 11 is 3.54. The molecule has 0 amide bonds. The van der Waals surface area contributed by atoms with Gasteiger partial charge in [0.15, 0.2) is 6.61 Å². The molecule has 1 aliphatic carbocycles. The first-order valence-corrected chi connectivity index (χ1v) is 8.19. The molecule has 1 aromatic heterocycles. The fourth-order valence-corrected chi connectivity index (χ4v) is 3.59. The van der Waals surface area contributed by atoms with Gasteiger partial charge < -0.3 is 14.8 Å². The van der Waals surface area contributed by atoms with Crippen LogP contribution in [0.25, 0.3) is 22.2 Å². The molecule has 1 heterocycles. The Labute approximate surface area is 141 Å². The lowest BCUT2D eigenvalue weighted by molar-refractivity contribution is -0.139. The fraction of sp³-hybridized carbons (Fsp3) is 0.167. The number of carbonyl (C=O) groups is 1. The van der Waals surface area contributed by atoms with Gasteiger partial charge in [0.25, 0.3) is 0 Å². The fourth-order valence-electron chi connectivity index (χ4n) is 3.22. The van der Waals surface area contributed by atoms with Crippen molar-refractivity contribution in [2.75, 3.05) is 6.61 Å². The summed E-state index contributed by atoms with van der Waals surface area (Å²) in [5, 5.41) is 9.97. The maximum atomic E-state index is 10.6. The number of fused-ring (bicyclic) bond motifs is 5. The number of hydrogen-bond donors (Lipinski definition) is 2. The van der Waals surface area contributed by atoms with Crippen LogP contribution in [0.2, 0.25) is 0 Å². The molecule has 2 aromatic carbocycles. The highest BCUT2D eigenvalue weighted by molar-refractivity contribution is 9.10. The van der Waals surface area contributed by atoms with E-state index in [0.717, 1.165) is 28.5 Å². The molecular weight excluding hydrogens is 358 g/mol. The molecule has 5 heteroatoms. The molecule has 0 bridgehead atoms. The van der Waals surface area contributed by atoms with E-state index < -0.39 is 5.97 Å². The summed E-state index contributed by atoms with van der Waals surface area (Å²) in [7, 11) is 0. The lowest BCUT2D eigenvalue weighted by Crippen LogP contribution is -2.10. The van der Waals surface area contributed by atoms with E-state index in [4.69, 9.17) is 9.84 Å². The van der Waals surface area contributed by atoms with Crippen molar-refractivity contribution in [1.29, 1.82) is 0 Å². The molecule has 4 rings (SSSR count). The van der Waals surface area contributed by atoms with Gasteiger partial charge in [-0.3, -0.25) is 0 Å². The van der Waals surface area contributed by atoms with Crippen LogP contribution in [0.1, 0.15) is 11.1 Å². The average molecular weight is 372 g/mol. The molecule has 0 atom stereocenters. The minimum Gasteiger partial charge on any atom is -0.482 e. The van der Waals surface area contributed by atoms with E-state index in [1.165, 1.54) is 22.1 Å². The summed E-state index contributed by atoms with van der Waals surface area (Å²) in [6.07, 6.45) is 1.88. The normalized spacial score (nSPS) is 12.7. The van der Waals surface area contributed by atoms with E-state index in [-0.39, 0.29) is 6.61 Å². The highest BCUT2D eigenvalue weighted by atomic mass is 79.9. The van der Waals surface area contributed by atoms with Gasteiger partial charge in [-0.05, 0) is 60.4 Å². The second kappa shape index (κ2) is 5.42. The van der Waals surface area contributed by atoms with E-state index in [2.05, 4.69) is 33.0 Å². The van der Waals surface area contributed by atoms with Crippen LogP contribution < -0.4 is 4.74 Å². The van der Waals surface area contributed by atoms with Crippen molar-refractivity contribution in [3.05, 3.63) is 52.0 Å². The molecule has 116 valence electrons. The lowest BCUT2D eigenvalue weighted by Gasteiger charge is -2.17. The van der Waals surface area contributed by atoms with E-state index >= 15 is 0 Å². The van der Waals surface area contributed by atoms with Crippen LogP contribution in [-0.4, -0.2) is 22.7 Å². The van der Waals surface area contributed by atoms with Crippen LogP contribution in [0.5, 0.6) is 5.75 Å². The summed E-state index contributed by atoms with van der Waals surface area (Å²) in [6.45, 7) is -0.315. The average Bonchev–Trinajstić information content (AvgIpc) is 2.90. The van der Waals surface area contributed by atoms with Crippen molar-refractivity contribution >= 4 is 32.8 Å². The maximum Gasteiger partial charge on any atom is 0.341 e. The first kappa shape index (κ1) is 14.3. The van der Waals surface area contributed by atoms with Crippen molar-refractivity contribution in [1.82, 2.24) is 4.98 Å². The van der Waals surface area contributed by atoms with E-state index in [0.29, 0.717) is 5.75 Å². The van der Waals surface area contributed by atoms with Gasteiger partial charge in [0.1, 0.15) is 5.75 Å². The number of benzene rings is 2. The number of ether oxygens (including phenoxy) is 1. The Balaban J connectivity index is 1.78. The predicted molar refractivity (Wildman–Crippen MR) is 92.0 cm³/mol. The molecule has 23 heavy (non-hydrogen) atoms. The number of nitrogens with one attached hydrogen (secondary N) is 1. The third-order valence-corrected chi connectivity index (χ3v) is 4.71. The minimum atomic E-state index is -0.966. The number of aliphatic carboxylic acids is 1. The van der Waals surface area contributed by atoms with Gasteiger partial charge in [-0.25, -0.2) is 4.79 Å². The monoisotopic (exact) mass is 371 g/mol. The quantitative estimate of drug-likeness (QED) is 0.726. The molecule has 4 nitrogen and oxygen atoms in total. The first-order valence-electron chi connectivity index (χ1n) is 7.40. The zero-order valence-corrected chi connectivity index (χ0v) is 13.8. The third kappa shape index (κ3) is 2.51. The Kier molecular flexibility index (Phi) is 3.38. The zero-order chi connectivity index (χ0) is 16.0. The van der Waals surface area contributed by atoms with Crippen molar-refractivity contribution in [2.45, 2.75) is 12.8 Å². The van der Waals surface area contributed by atoms with Gasteiger partial charge in [-0.15, -0.1) is 0 Å². The van der Waals surface area contributed by atoms with Gasteiger partial charge in [0.05, 0.1) is 0 Å². The summed E-state index contributed by atoms with van der Waals surface area (Å²) in [6, 6.07) is 12.1. The first-order chi connectivity index (χ1) is 11.1. The van der Waals surface area contributed by atoms with E-state index in [9.17, 15) is 4.79 Å².